The van der Waals surface area contributed by atoms with Gasteiger partial charge in [-0.3, -0.25) is 0 Å². The minimum absolute atomic E-state index is 0.251. The molecule has 0 aliphatic rings. The van der Waals surface area contributed by atoms with Crippen LogP contribution < -0.4 is 5.73 Å². The highest BCUT2D eigenvalue weighted by atomic mass is 35.5. The van der Waals surface area contributed by atoms with Gasteiger partial charge in [-0.2, -0.15) is 0 Å². The standard InChI is InChI=1S/C15H11ClN2O2/c16-10-3-6-14-12(7-10)13(17)8-18(14)11-4-1-9(2-5-11)15(19)20/h1-8H,17H2,(H,19,20). The number of carboxylic acid groups (broad SMARTS) is 1. The van der Waals surface area contributed by atoms with Gasteiger partial charge in [-0.05, 0) is 42.5 Å². The molecule has 5 heteroatoms. The van der Waals surface area contributed by atoms with Gasteiger partial charge in [-0.1, -0.05) is 11.6 Å². The summed E-state index contributed by atoms with van der Waals surface area (Å²) in [4.78, 5) is 10.9. The van der Waals surface area contributed by atoms with Gasteiger partial charge in [0, 0.05) is 22.3 Å². The lowest BCUT2D eigenvalue weighted by molar-refractivity contribution is 0.0697. The number of nitrogens with two attached hydrogens (primary N) is 1. The van der Waals surface area contributed by atoms with Gasteiger partial charge < -0.3 is 15.4 Å². The molecular formula is C15H11ClN2O2. The van der Waals surface area contributed by atoms with Crippen LogP contribution in [0.25, 0.3) is 16.6 Å². The van der Waals surface area contributed by atoms with Gasteiger partial charge in [-0.25, -0.2) is 4.79 Å². The molecular weight excluding hydrogens is 276 g/mol. The Labute approximate surface area is 120 Å². The Hall–Kier alpha value is -2.46. The molecule has 0 radical (unpaired) electrons. The SMILES string of the molecule is Nc1cn(-c2ccc(C(=O)O)cc2)c2ccc(Cl)cc12. The smallest absolute Gasteiger partial charge is 0.335 e. The summed E-state index contributed by atoms with van der Waals surface area (Å²) in [5.41, 5.74) is 8.64. The summed E-state index contributed by atoms with van der Waals surface area (Å²) in [6, 6.07) is 12.1. The Morgan fingerprint density at radius 3 is 2.50 bits per heavy atom. The van der Waals surface area contributed by atoms with E-state index in [2.05, 4.69) is 0 Å². The molecule has 0 unspecified atom stereocenters. The fraction of sp³-hybridized carbons (Fsp3) is 0. The number of carbonyl (C=O) groups is 1. The number of fused-ring (bicyclic) bond motifs is 1. The van der Waals surface area contributed by atoms with Crippen LogP contribution in [0.5, 0.6) is 0 Å². The summed E-state index contributed by atoms with van der Waals surface area (Å²) < 4.78 is 1.91. The molecule has 2 aromatic carbocycles. The molecule has 3 N–H and O–H groups in total. The third-order valence-electron chi connectivity index (χ3n) is 3.19. The predicted octanol–water partition coefficient (Wildman–Crippen LogP) is 3.56. The van der Waals surface area contributed by atoms with Gasteiger partial charge in [0.2, 0.25) is 0 Å². The number of hydrogen-bond acceptors (Lipinski definition) is 2. The molecule has 0 fully saturated rings. The molecule has 0 spiro atoms. The summed E-state index contributed by atoms with van der Waals surface area (Å²) in [6.07, 6.45) is 1.80. The molecule has 0 saturated heterocycles. The topological polar surface area (TPSA) is 68.2 Å². The van der Waals surface area contributed by atoms with Crippen molar-refractivity contribution >= 4 is 34.2 Å². The van der Waals surface area contributed by atoms with Gasteiger partial charge in [0.25, 0.3) is 0 Å². The normalized spacial score (nSPS) is 10.8. The van der Waals surface area contributed by atoms with Gasteiger partial charge >= 0.3 is 5.97 Å². The number of halogens is 1. The third kappa shape index (κ3) is 2.00. The molecule has 0 saturated carbocycles. The van der Waals surface area contributed by atoms with E-state index in [4.69, 9.17) is 22.4 Å². The Bertz CT molecular complexity index is 807. The maximum atomic E-state index is 10.9. The molecule has 100 valence electrons. The highest BCUT2D eigenvalue weighted by Gasteiger charge is 2.09. The van der Waals surface area contributed by atoms with Crippen molar-refractivity contribution in [1.82, 2.24) is 4.57 Å². The maximum Gasteiger partial charge on any atom is 0.335 e. The van der Waals surface area contributed by atoms with Crippen LogP contribution in [-0.2, 0) is 0 Å². The number of nitrogens with zero attached hydrogens (tertiary/aromatic N) is 1. The van der Waals surface area contributed by atoms with Gasteiger partial charge in [0.15, 0.2) is 0 Å². The molecule has 0 aliphatic heterocycles. The predicted molar refractivity (Wildman–Crippen MR) is 79.7 cm³/mol. The van der Waals surface area contributed by atoms with Crippen LogP contribution in [0.2, 0.25) is 5.02 Å². The number of nitrogen functional groups attached to an aromatic ring is 1. The third-order valence-corrected chi connectivity index (χ3v) is 3.42. The van der Waals surface area contributed by atoms with E-state index in [-0.39, 0.29) is 5.56 Å². The number of hydrogen-bond donors (Lipinski definition) is 2. The lowest BCUT2D eigenvalue weighted by atomic mass is 10.2. The second-order valence-electron chi connectivity index (χ2n) is 4.47. The molecule has 3 rings (SSSR count). The highest BCUT2D eigenvalue weighted by Crippen LogP contribution is 2.29. The number of aromatic nitrogens is 1. The molecule has 1 aromatic heterocycles. The van der Waals surface area contributed by atoms with Crippen molar-refractivity contribution in [3.8, 4) is 5.69 Å². The van der Waals surface area contributed by atoms with Gasteiger partial charge in [0.05, 0.1) is 16.8 Å². The summed E-state index contributed by atoms with van der Waals surface area (Å²) in [5, 5.41) is 10.4. The lowest BCUT2D eigenvalue weighted by Crippen LogP contribution is -1.97. The molecule has 0 aliphatic carbocycles. The second kappa shape index (κ2) is 4.58. The van der Waals surface area contributed by atoms with Crippen LogP contribution in [0.1, 0.15) is 10.4 Å². The first-order valence-corrected chi connectivity index (χ1v) is 6.34. The fourth-order valence-corrected chi connectivity index (χ4v) is 2.38. The maximum absolute atomic E-state index is 10.9. The van der Waals surface area contributed by atoms with E-state index in [1.54, 1.807) is 36.5 Å². The molecule has 4 nitrogen and oxygen atoms in total. The van der Waals surface area contributed by atoms with Crippen molar-refractivity contribution in [2.75, 3.05) is 5.73 Å². The minimum atomic E-state index is -0.944. The van der Waals surface area contributed by atoms with Gasteiger partial charge in [0.1, 0.15) is 0 Å². The van der Waals surface area contributed by atoms with Crippen molar-refractivity contribution in [2.45, 2.75) is 0 Å². The van der Waals surface area contributed by atoms with E-state index >= 15 is 0 Å². The summed E-state index contributed by atoms with van der Waals surface area (Å²) in [5.74, 6) is -0.944. The Morgan fingerprint density at radius 1 is 1.15 bits per heavy atom. The van der Waals surface area contributed by atoms with Gasteiger partial charge in [-0.15, -0.1) is 0 Å². The zero-order chi connectivity index (χ0) is 14.3. The summed E-state index contributed by atoms with van der Waals surface area (Å²) in [7, 11) is 0. The Morgan fingerprint density at radius 2 is 1.85 bits per heavy atom. The fourth-order valence-electron chi connectivity index (χ4n) is 2.21. The first-order chi connectivity index (χ1) is 9.56. The average Bonchev–Trinajstić information content (AvgIpc) is 2.76. The monoisotopic (exact) mass is 286 g/mol. The highest BCUT2D eigenvalue weighted by molar-refractivity contribution is 6.31. The van der Waals surface area contributed by atoms with Crippen molar-refractivity contribution in [2.24, 2.45) is 0 Å². The minimum Gasteiger partial charge on any atom is -0.478 e. The zero-order valence-electron chi connectivity index (χ0n) is 10.4. The van der Waals surface area contributed by atoms with Crippen molar-refractivity contribution < 1.29 is 9.90 Å². The second-order valence-corrected chi connectivity index (χ2v) is 4.90. The first-order valence-electron chi connectivity index (χ1n) is 5.96. The van der Waals surface area contributed by atoms with Crippen LogP contribution in [-0.4, -0.2) is 15.6 Å². The summed E-state index contributed by atoms with van der Waals surface area (Å²) >= 11 is 5.97. The number of aromatic carboxylic acids is 1. The Balaban J connectivity index is 2.17. The van der Waals surface area contributed by atoms with E-state index in [1.807, 2.05) is 16.7 Å². The largest absolute Gasteiger partial charge is 0.478 e. The van der Waals surface area contributed by atoms with Crippen molar-refractivity contribution in [1.29, 1.82) is 0 Å². The quantitative estimate of drug-likeness (QED) is 0.757. The number of benzene rings is 2. The molecule has 1 heterocycles. The van der Waals surface area contributed by atoms with Crippen LogP contribution in [0, 0.1) is 0 Å². The van der Waals surface area contributed by atoms with E-state index in [0.717, 1.165) is 16.6 Å². The zero-order valence-corrected chi connectivity index (χ0v) is 11.1. The summed E-state index contributed by atoms with van der Waals surface area (Å²) in [6.45, 7) is 0. The number of carboxylic acids is 1. The van der Waals surface area contributed by atoms with E-state index in [0.29, 0.717) is 10.7 Å². The lowest BCUT2D eigenvalue weighted by Gasteiger charge is -2.05. The van der Waals surface area contributed by atoms with Crippen LogP contribution in [0.3, 0.4) is 0 Å². The van der Waals surface area contributed by atoms with E-state index in [1.165, 1.54) is 0 Å². The molecule has 0 bridgehead atoms. The molecule has 20 heavy (non-hydrogen) atoms. The van der Waals surface area contributed by atoms with E-state index in [9.17, 15) is 4.79 Å². The molecule has 0 atom stereocenters. The van der Waals surface area contributed by atoms with E-state index < -0.39 is 5.97 Å². The first kappa shape index (κ1) is 12.6. The van der Waals surface area contributed by atoms with Crippen molar-refractivity contribution in [3.63, 3.8) is 0 Å². The molecule has 3 aromatic rings. The number of rotatable bonds is 2. The van der Waals surface area contributed by atoms with Crippen molar-refractivity contribution in [3.05, 3.63) is 59.2 Å². The Kier molecular flexibility index (Phi) is 2.88. The van der Waals surface area contributed by atoms with Crippen LogP contribution in [0.15, 0.2) is 48.7 Å². The van der Waals surface area contributed by atoms with Crippen LogP contribution in [0.4, 0.5) is 5.69 Å². The molecule has 0 amide bonds. The number of anilines is 1. The average molecular weight is 287 g/mol. The van der Waals surface area contributed by atoms with Crippen LogP contribution >= 0.6 is 11.6 Å².